The first-order valence-corrected chi connectivity index (χ1v) is 10.5. The summed E-state index contributed by atoms with van der Waals surface area (Å²) >= 11 is 6.05. The summed E-state index contributed by atoms with van der Waals surface area (Å²) in [5.41, 5.74) is 1.14. The largest absolute Gasteiger partial charge is 0.379 e. The van der Waals surface area contributed by atoms with Gasteiger partial charge in [0.05, 0.1) is 19.3 Å². The SMILES string of the molecule is CN=C(NCC(C)CN1CCOCC1)NCC(c1ccc(Cl)cc1)n1cccn1. The van der Waals surface area contributed by atoms with E-state index in [0.717, 1.165) is 55.9 Å². The number of hydrogen-bond donors (Lipinski definition) is 2. The lowest BCUT2D eigenvalue weighted by atomic mass is 10.1. The molecule has 0 radical (unpaired) electrons. The molecular weight excluding hydrogens is 388 g/mol. The molecular formula is C21H31ClN6O. The molecule has 2 heterocycles. The second kappa shape index (κ2) is 11.2. The Kier molecular flexibility index (Phi) is 8.34. The fourth-order valence-electron chi connectivity index (χ4n) is 3.49. The molecule has 1 aromatic carbocycles. The number of halogens is 1. The van der Waals surface area contributed by atoms with E-state index in [1.165, 1.54) is 0 Å². The number of nitrogens with one attached hydrogen (secondary N) is 2. The standard InChI is InChI=1S/C21H31ClN6O/c1-17(16-27-10-12-29-13-11-27)14-24-21(23-2)25-15-20(28-9-3-8-26-28)18-4-6-19(22)7-5-18/h3-9,17,20H,10-16H2,1-2H3,(H2,23,24,25). The van der Waals surface area contributed by atoms with E-state index < -0.39 is 0 Å². The van der Waals surface area contributed by atoms with Gasteiger partial charge in [0.25, 0.3) is 0 Å². The van der Waals surface area contributed by atoms with Gasteiger partial charge in [0.2, 0.25) is 0 Å². The highest BCUT2D eigenvalue weighted by Crippen LogP contribution is 2.19. The van der Waals surface area contributed by atoms with Crippen molar-refractivity contribution in [2.45, 2.75) is 13.0 Å². The number of rotatable bonds is 8. The van der Waals surface area contributed by atoms with Crippen molar-refractivity contribution in [3.8, 4) is 0 Å². The highest BCUT2D eigenvalue weighted by Gasteiger charge is 2.16. The van der Waals surface area contributed by atoms with Crippen molar-refractivity contribution in [1.29, 1.82) is 0 Å². The van der Waals surface area contributed by atoms with Crippen LogP contribution in [-0.4, -0.2) is 73.6 Å². The van der Waals surface area contributed by atoms with Gasteiger partial charge in [-0.2, -0.15) is 5.10 Å². The topological polar surface area (TPSA) is 66.7 Å². The molecule has 8 heteroatoms. The molecule has 158 valence electrons. The zero-order valence-corrected chi connectivity index (χ0v) is 18.0. The van der Waals surface area contributed by atoms with Gasteiger partial charge in [-0.1, -0.05) is 30.7 Å². The third-order valence-electron chi connectivity index (χ3n) is 5.08. The monoisotopic (exact) mass is 418 g/mol. The number of aliphatic imine (C=N–C) groups is 1. The normalized spacial score (nSPS) is 17.7. The molecule has 29 heavy (non-hydrogen) atoms. The number of benzene rings is 1. The van der Waals surface area contributed by atoms with Crippen LogP contribution in [0.1, 0.15) is 18.5 Å². The second-order valence-corrected chi connectivity index (χ2v) is 7.84. The minimum atomic E-state index is 0.0478. The van der Waals surface area contributed by atoms with Crippen LogP contribution in [0.15, 0.2) is 47.7 Å². The molecule has 1 aliphatic heterocycles. The molecule has 2 aromatic rings. The molecule has 1 aromatic heterocycles. The Bertz CT molecular complexity index is 743. The first-order chi connectivity index (χ1) is 14.2. The molecule has 1 saturated heterocycles. The number of hydrogen-bond acceptors (Lipinski definition) is 4. The molecule has 7 nitrogen and oxygen atoms in total. The Morgan fingerprint density at radius 3 is 2.59 bits per heavy atom. The van der Waals surface area contributed by atoms with Crippen LogP contribution >= 0.6 is 11.6 Å². The zero-order valence-electron chi connectivity index (χ0n) is 17.2. The van der Waals surface area contributed by atoms with Crippen molar-refractivity contribution < 1.29 is 4.74 Å². The first kappa shape index (κ1) is 21.6. The molecule has 2 N–H and O–H groups in total. The number of nitrogens with zero attached hydrogens (tertiary/aromatic N) is 4. The van der Waals surface area contributed by atoms with Gasteiger partial charge in [0, 0.05) is 57.2 Å². The summed E-state index contributed by atoms with van der Waals surface area (Å²) in [5, 5.41) is 12.0. The second-order valence-electron chi connectivity index (χ2n) is 7.41. The van der Waals surface area contributed by atoms with Crippen molar-refractivity contribution in [3.63, 3.8) is 0 Å². The molecule has 2 atom stereocenters. The van der Waals surface area contributed by atoms with E-state index in [1.54, 1.807) is 13.2 Å². The van der Waals surface area contributed by atoms with Crippen molar-refractivity contribution in [3.05, 3.63) is 53.3 Å². The molecule has 1 aliphatic rings. The molecule has 0 bridgehead atoms. The third kappa shape index (κ3) is 6.73. The Morgan fingerprint density at radius 2 is 1.93 bits per heavy atom. The van der Waals surface area contributed by atoms with Crippen molar-refractivity contribution in [2.75, 3.05) is 53.0 Å². The summed E-state index contributed by atoms with van der Waals surface area (Å²) in [4.78, 5) is 6.84. The summed E-state index contributed by atoms with van der Waals surface area (Å²) in [5.74, 6) is 1.31. The average Bonchev–Trinajstić information content (AvgIpc) is 3.27. The van der Waals surface area contributed by atoms with Crippen molar-refractivity contribution >= 4 is 17.6 Å². The quantitative estimate of drug-likeness (QED) is 0.508. The van der Waals surface area contributed by atoms with E-state index >= 15 is 0 Å². The van der Waals surface area contributed by atoms with Crippen molar-refractivity contribution in [1.82, 2.24) is 25.3 Å². The van der Waals surface area contributed by atoms with Crippen LogP contribution in [0.2, 0.25) is 5.02 Å². The van der Waals surface area contributed by atoms with Crippen molar-refractivity contribution in [2.24, 2.45) is 10.9 Å². The molecule has 0 spiro atoms. The molecule has 2 unspecified atom stereocenters. The van der Waals surface area contributed by atoms with Crippen LogP contribution in [0.25, 0.3) is 0 Å². The Balaban J connectivity index is 1.52. The maximum absolute atomic E-state index is 6.05. The Morgan fingerprint density at radius 1 is 1.21 bits per heavy atom. The molecule has 1 fully saturated rings. The van der Waals surface area contributed by atoms with Gasteiger partial charge in [0.1, 0.15) is 0 Å². The fraction of sp³-hybridized carbons (Fsp3) is 0.524. The highest BCUT2D eigenvalue weighted by atomic mass is 35.5. The predicted octanol–water partition coefficient (Wildman–Crippen LogP) is 2.26. The zero-order chi connectivity index (χ0) is 20.5. The number of aromatic nitrogens is 2. The van der Waals surface area contributed by atoms with Gasteiger partial charge in [-0.15, -0.1) is 0 Å². The number of morpholine rings is 1. The fourth-order valence-corrected chi connectivity index (χ4v) is 3.61. The highest BCUT2D eigenvalue weighted by molar-refractivity contribution is 6.30. The van der Waals surface area contributed by atoms with Crippen LogP contribution in [0.4, 0.5) is 0 Å². The first-order valence-electron chi connectivity index (χ1n) is 10.1. The number of ether oxygens (including phenoxy) is 1. The van der Waals surface area contributed by atoms with E-state index in [1.807, 2.05) is 41.2 Å². The van der Waals surface area contributed by atoms with Gasteiger partial charge in [-0.3, -0.25) is 14.6 Å². The van der Waals surface area contributed by atoms with Gasteiger partial charge in [0.15, 0.2) is 5.96 Å². The van der Waals surface area contributed by atoms with E-state index in [4.69, 9.17) is 16.3 Å². The van der Waals surface area contributed by atoms with Crippen LogP contribution < -0.4 is 10.6 Å². The molecule has 3 rings (SSSR count). The van der Waals surface area contributed by atoms with Crippen LogP contribution in [0.3, 0.4) is 0 Å². The van der Waals surface area contributed by atoms with E-state index in [2.05, 4.69) is 32.5 Å². The Hall–Kier alpha value is -2.09. The third-order valence-corrected chi connectivity index (χ3v) is 5.33. The van der Waals surface area contributed by atoms with Crippen LogP contribution in [-0.2, 0) is 4.74 Å². The van der Waals surface area contributed by atoms with E-state index in [0.29, 0.717) is 12.5 Å². The molecule has 0 aliphatic carbocycles. The van der Waals surface area contributed by atoms with Gasteiger partial charge >= 0.3 is 0 Å². The van der Waals surface area contributed by atoms with Gasteiger partial charge in [-0.25, -0.2) is 0 Å². The predicted molar refractivity (Wildman–Crippen MR) is 118 cm³/mol. The smallest absolute Gasteiger partial charge is 0.191 e. The van der Waals surface area contributed by atoms with Crippen LogP contribution in [0.5, 0.6) is 0 Å². The van der Waals surface area contributed by atoms with E-state index in [9.17, 15) is 0 Å². The molecule has 0 amide bonds. The lowest BCUT2D eigenvalue weighted by Crippen LogP contribution is -2.45. The summed E-state index contributed by atoms with van der Waals surface area (Å²) in [6.07, 6.45) is 3.77. The summed E-state index contributed by atoms with van der Waals surface area (Å²) in [7, 11) is 1.80. The molecule has 0 saturated carbocycles. The number of guanidine groups is 1. The lowest BCUT2D eigenvalue weighted by Gasteiger charge is -2.29. The maximum atomic E-state index is 6.05. The average molecular weight is 419 g/mol. The minimum Gasteiger partial charge on any atom is -0.379 e. The summed E-state index contributed by atoms with van der Waals surface area (Å²) < 4.78 is 7.37. The Labute approximate surface area is 178 Å². The lowest BCUT2D eigenvalue weighted by molar-refractivity contribution is 0.0320. The maximum Gasteiger partial charge on any atom is 0.191 e. The summed E-state index contributed by atoms with van der Waals surface area (Å²) in [6.45, 7) is 8.56. The summed E-state index contributed by atoms with van der Waals surface area (Å²) in [6, 6.07) is 9.88. The minimum absolute atomic E-state index is 0.0478. The van der Waals surface area contributed by atoms with Crippen LogP contribution in [0, 0.1) is 5.92 Å². The van der Waals surface area contributed by atoms with Gasteiger partial charge in [-0.05, 0) is 29.7 Å². The van der Waals surface area contributed by atoms with Gasteiger partial charge < -0.3 is 15.4 Å². The van der Waals surface area contributed by atoms with E-state index in [-0.39, 0.29) is 6.04 Å².